The molecule has 1 amide bonds. The summed E-state index contributed by atoms with van der Waals surface area (Å²) < 4.78 is 37.9. The Balaban J connectivity index is 0.00000312. The van der Waals surface area contributed by atoms with Crippen LogP contribution in [0.1, 0.15) is 24.8 Å². The second-order valence-corrected chi connectivity index (χ2v) is 6.14. The molecule has 2 N–H and O–H groups in total. The van der Waals surface area contributed by atoms with Crippen molar-refractivity contribution in [2.75, 3.05) is 31.6 Å². The van der Waals surface area contributed by atoms with Crippen LogP contribution in [0.4, 0.5) is 19.0 Å². The molecule has 2 rings (SSSR count). The maximum atomic E-state index is 12.6. The number of halogens is 6. The molecule has 1 aliphatic heterocycles. The fraction of sp³-hybridized carbons (Fsp3) is 0.600. The van der Waals surface area contributed by atoms with Crippen molar-refractivity contribution in [3.63, 3.8) is 0 Å². The zero-order valence-corrected chi connectivity index (χ0v) is 16.5. The number of hydrogen-bond donors (Lipinski definition) is 2. The first kappa shape index (κ1) is 25.0. The Morgan fingerprint density at radius 2 is 2.12 bits per heavy atom. The lowest BCUT2D eigenvalue weighted by Gasteiger charge is -2.20. The van der Waals surface area contributed by atoms with Gasteiger partial charge in [0.25, 0.3) is 0 Å². The van der Waals surface area contributed by atoms with Gasteiger partial charge in [0.05, 0.1) is 10.6 Å². The SMILES string of the molecule is CNCCCC(=O)NC1CCN(c2ncc(C(F)(F)F)cc2Cl)C1.Cl.Cl. The van der Waals surface area contributed by atoms with Crippen LogP contribution in [-0.2, 0) is 11.0 Å². The van der Waals surface area contributed by atoms with E-state index >= 15 is 0 Å². The first-order chi connectivity index (χ1) is 11.3. The van der Waals surface area contributed by atoms with Gasteiger partial charge in [-0.1, -0.05) is 11.6 Å². The van der Waals surface area contributed by atoms with Crippen molar-refractivity contribution < 1.29 is 18.0 Å². The predicted octanol–water partition coefficient (Wildman–Crippen LogP) is 3.29. The van der Waals surface area contributed by atoms with E-state index < -0.39 is 11.7 Å². The number of aromatic nitrogens is 1. The first-order valence-corrected chi connectivity index (χ1v) is 8.10. The lowest BCUT2D eigenvalue weighted by atomic mass is 10.2. The molecule has 1 atom stereocenters. The summed E-state index contributed by atoms with van der Waals surface area (Å²) in [6.07, 6.45) is -1.78. The molecule has 1 unspecified atom stereocenters. The third kappa shape index (κ3) is 6.98. The Hall–Kier alpha value is -0.960. The molecule has 0 aromatic carbocycles. The van der Waals surface area contributed by atoms with Crippen molar-refractivity contribution >= 4 is 48.1 Å². The Labute approximate surface area is 167 Å². The van der Waals surface area contributed by atoms with Gasteiger partial charge in [0.1, 0.15) is 5.82 Å². The second kappa shape index (κ2) is 11.0. The van der Waals surface area contributed by atoms with Crippen LogP contribution < -0.4 is 15.5 Å². The summed E-state index contributed by atoms with van der Waals surface area (Å²) in [5, 5.41) is 5.87. The largest absolute Gasteiger partial charge is 0.417 e. The van der Waals surface area contributed by atoms with Crippen molar-refractivity contribution in [3.05, 3.63) is 22.8 Å². The van der Waals surface area contributed by atoms with E-state index in [1.165, 1.54) is 0 Å². The number of rotatable bonds is 6. The van der Waals surface area contributed by atoms with Crippen LogP contribution in [-0.4, -0.2) is 43.6 Å². The quantitative estimate of drug-likeness (QED) is 0.671. The number of amides is 1. The highest BCUT2D eigenvalue weighted by molar-refractivity contribution is 6.33. The standard InChI is InChI=1S/C15H20ClF3N4O.2ClH/c1-20-5-2-3-13(24)22-11-4-6-23(9-11)14-12(16)7-10(8-21-14)15(17,18)19;;/h7-8,11,20H,2-6,9H2,1H3,(H,22,24);2*1H. The van der Waals surface area contributed by atoms with E-state index in [1.54, 1.807) is 4.90 Å². The van der Waals surface area contributed by atoms with Crippen LogP contribution in [0.25, 0.3) is 0 Å². The Kier molecular flexibility index (Phi) is 10.6. The van der Waals surface area contributed by atoms with Crippen molar-refractivity contribution in [2.24, 2.45) is 0 Å². The molecule has 2 heterocycles. The van der Waals surface area contributed by atoms with E-state index in [2.05, 4.69) is 15.6 Å². The maximum absolute atomic E-state index is 12.6. The summed E-state index contributed by atoms with van der Waals surface area (Å²) in [4.78, 5) is 17.5. The van der Waals surface area contributed by atoms with Crippen LogP contribution in [0.15, 0.2) is 12.3 Å². The Morgan fingerprint density at radius 1 is 1.42 bits per heavy atom. The minimum atomic E-state index is -4.47. The third-order valence-corrected chi connectivity index (χ3v) is 4.11. The lowest BCUT2D eigenvalue weighted by Crippen LogP contribution is -2.37. The number of carbonyl (C=O) groups excluding carboxylic acids is 1. The third-order valence-electron chi connectivity index (χ3n) is 3.83. The molecule has 1 saturated heterocycles. The number of alkyl halides is 3. The number of pyridine rings is 1. The highest BCUT2D eigenvalue weighted by Gasteiger charge is 2.33. The summed E-state index contributed by atoms with van der Waals surface area (Å²) in [7, 11) is 1.83. The molecular weight excluding hydrogens is 416 g/mol. The fourth-order valence-corrected chi connectivity index (χ4v) is 2.90. The van der Waals surface area contributed by atoms with Gasteiger partial charge in [-0.05, 0) is 32.5 Å². The predicted molar refractivity (Wildman–Crippen MR) is 101 cm³/mol. The molecule has 0 bridgehead atoms. The average Bonchev–Trinajstić information content (AvgIpc) is 2.94. The summed E-state index contributed by atoms with van der Waals surface area (Å²) in [6, 6.07) is 0.834. The maximum Gasteiger partial charge on any atom is 0.417 e. The van der Waals surface area contributed by atoms with Gasteiger partial charge in [0, 0.05) is 31.7 Å². The summed E-state index contributed by atoms with van der Waals surface area (Å²) in [5.74, 6) is 0.292. The van der Waals surface area contributed by atoms with E-state index in [0.29, 0.717) is 31.7 Å². The number of nitrogens with zero attached hydrogens (tertiary/aromatic N) is 2. The zero-order valence-electron chi connectivity index (χ0n) is 14.1. The van der Waals surface area contributed by atoms with Crippen molar-refractivity contribution in [3.8, 4) is 0 Å². The van der Waals surface area contributed by atoms with E-state index in [4.69, 9.17) is 11.6 Å². The van der Waals surface area contributed by atoms with Gasteiger partial charge in [-0.25, -0.2) is 4.98 Å². The molecule has 1 aromatic heterocycles. The van der Waals surface area contributed by atoms with Gasteiger partial charge in [-0.3, -0.25) is 4.79 Å². The molecule has 1 aliphatic rings. The van der Waals surface area contributed by atoms with E-state index in [0.717, 1.165) is 25.2 Å². The topological polar surface area (TPSA) is 57.3 Å². The molecule has 1 fully saturated rings. The minimum absolute atomic E-state index is 0. The molecule has 0 spiro atoms. The monoisotopic (exact) mass is 436 g/mol. The smallest absolute Gasteiger partial charge is 0.353 e. The highest BCUT2D eigenvalue weighted by Crippen LogP contribution is 2.34. The van der Waals surface area contributed by atoms with Gasteiger partial charge in [-0.2, -0.15) is 13.2 Å². The summed E-state index contributed by atoms with van der Waals surface area (Å²) >= 11 is 5.95. The van der Waals surface area contributed by atoms with Gasteiger partial charge in [0.2, 0.25) is 5.91 Å². The average molecular weight is 438 g/mol. The van der Waals surface area contributed by atoms with Gasteiger partial charge < -0.3 is 15.5 Å². The molecule has 1 aromatic rings. The van der Waals surface area contributed by atoms with Gasteiger partial charge in [0.15, 0.2) is 0 Å². The van der Waals surface area contributed by atoms with E-state index in [9.17, 15) is 18.0 Å². The van der Waals surface area contributed by atoms with Gasteiger partial charge >= 0.3 is 6.18 Å². The van der Waals surface area contributed by atoms with Crippen LogP contribution in [0.3, 0.4) is 0 Å². The molecule has 150 valence electrons. The van der Waals surface area contributed by atoms with Gasteiger partial charge in [-0.15, -0.1) is 24.8 Å². The Bertz CT molecular complexity index is 590. The normalized spacial score (nSPS) is 16.7. The fourth-order valence-electron chi connectivity index (χ4n) is 2.61. The van der Waals surface area contributed by atoms with Crippen LogP contribution in [0.2, 0.25) is 5.02 Å². The highest BCUT2D eigenvalue weighted by atomic mass is 35.5. The molecule has 26 heavy (non-hydrogen) atoms. The molecule has 0 saturated carbocycles. The summed E-state index contributed by atoms with van der Waals surface area (Å²) in [6.45, 7) is 1.84. The first-order valence-electron chi connectivity index (χ1n) is 7.73. The molecule has 0 aliphatic carbocycles. The number of anilines is 1. The van der Waals surface area contributed by atoms with Crippen molar-refractivity contribution in [2.45, 2.75) is 31.5 Å². The molecule has 0 radical (unpaired) electrons. The lowest BCUT2D eigenvalue weighted by molar-refractivity contribution is -0.137. The molecule has 5 nitrogen and oxygen atoms in total. The van der Waals surface area contributed by atoms with E-state index in [1.807, 2.05) is 7.05 Å². The van der Waals surface area contributed by atoms with Crippen molar-refractivity contribution in [1.29, 1.82) is 0 Å². The number of nitrogens with one attached hydrogen (secondary N) is 2. The number of carbonyl (C=O) groups is 1. The van der Waals surface area contributed by atoms with Crippen LogP contribution >= 0.6 is 36.4 Å². The molecular formula is C15H22Cl3F3N4O. The van der Waals surface area contributed by atoms with Crippen LogP contribution in [0.5, 0.6) is 0 Å². The minimum Gasteiger partial charge on any atom is -0.353 e. The van der Waals surface area contributed by atoms with Crippen molar-refractivity contribution in [1.82, 2.24) is 15.6 Å². The summed E-state index contributed by atoms with van der Waals surface area (Å²) in [5.41, 5.74) is -0.871. The van der Waals surface area contributed by atoms with Crippen LogP contribution in [0, 0.1) is 0 Å². The van der Waals surface area contributed by atoms with E-state index in [-0.39, 0.29) is 41.8 Å². The zero-order chi connectivity index (χ0) is 17.7. The number of hydrogen-bond acceptors (Lipinski definition) is 4. The Morgan fingerprint density at radius 3 is 2.69 bits per heavy atom. The second-order valence-electron chi connectivity index (χ2n) is 5.73. The molecule has 11 heteroatoms.